The summed E-state index contributed by atoms with van der Waals surface area (Å²) in [6.07, 6.45) is 41.9. The fraction of sp³-hybridized carbons (Fsp3) is 0.800. The molecule has 0 bridgehead atoms. The normalized spacial score (nSPS) is 10.8. The molecule has 0 aliphatic carbocycles. The number of hydrogen-bond donors (Lipinski definition) is 2. The fourth-order valence-corrected chi connectivity index (χ4v) is 5.23. The van der Waals surface area contributed by atoms with Gasteiger partial charge in [-0.25, -0.2) is 0 Å². The second kappa shape index (κ2) is 44.1. The van der Waals surface area contributed by atoms with E-state index in [2.05, 4.69) is 48.8 Å². The number of nitrogens with one attached hydrogen (secondary N) is 2. The van der Waals surface area contributed by atoms with Crippen molar-refractivity contribution in [2.24, 2.45) is 0 Å². The monoisotopic (exact) mass is 701 g/mol. The molecule has 0 saturated carbocycles. The van der Waals surface area contributed by atoms with Crippen LogP contribution in [0.1, 0.15) is 194 Å². The predicted molar refractivity (Wildman–Crippen MR) is 201 cm³/mol. The Morgan fingerprint density at radius 3 is 0.918 bits per heavy atom. The molecule has 0 radical (unpaired) electrons. The number of carboxylic acid groups (broad SMARTS) is 2. The van der Waals surface area contributed by atoms with Crippen LogP contribution in [0.15, 0.2) is 24.3 Å². The van der Waals surface area contributed by atoms with Gasteiger partial charge >= 0.3 is 23.1 Å². The molecule has 0 aliphatic rings. The SMILES string of the molecule is CCCCCCCC/C=C\CCCCCCCC(=O)NCC(=O)[O-].CCCCCCCC/C=C\CCCCCCCC(=O)NCC(=O)[O-].[Mg+2]. The Hall–Kier alpha value is -1.87. The molecule has 0 saturated heterocycles. The molecular weight excluding hydrogens is 629 g/mol. The minimum Gasteiger partial charge on any atom is -0.548 e. The van der Waals surface area contributed by atoms with Gasteiger partial charge in [-0.3, -0.25) is 9.59 Å². The molecule has 0 atom stereocenters. The summed E-state index contributed by atoms with van der Waals surface area (Å²) in [4.78, 5) is 42.9. The summed E-state index contributed by atoms with van der Waals surface area (Å²) in [6.45, 7) is 3.73. The molecule has 0 aromatic heterocycles. The Morgan fingerprint density at radius 2 is 0.653 bits per heavy atom. The number of carbonyl (C=O) groups excluding carboxylic acids is 4. The van der Waals surface area contributed by atoms with Gasteiger partial charge < -0.3 is 30.4 Å². The van der Waals surface area contributed by atoms with Gasteiger partial charge in [-0.15, -0.1) is 0 Å². The van der Waals surface area contributed by atoms with Crippen molar-refractivity contribution < 1.29 is 29.4 Å². The second-order valence-electron chi connectivity index (χ2n) is 13.0. The minimum absolute atomic E-state index is 0. The Balaban J connectivity index is -0.000000846. The van der Waals surface area contributed by atoms with E-state index in [-0.39, 0.29) is 48.0 Å². The van der Waals surface area contributed by atoms with Crippen molar-refractivity contribution in [1.29, 1.82) is 0 Å². The molecule has 0 fully saturated rings. The molecule has 0 aromatic rings. The molecule has 0 aromatic carbocycles. The molecule has 0 rings (SSSR count). The van der Waals surface area contributed by atoms with Crippen LogP contribution in [-0.2, 0) is 19.2 Å². The summed E-state index contributed by atoms with van der Waals surface area (Å²) in [5.41, 5.74) is 0. The van der Waals surface area contributed by atoms with Crippen molar-refractivity contribution in [2.45, 2.75) is 194 Å². The van der Waals surface area contributed by atoms with Crippen molar-refractivity contribution >= 4 is 46.8 Å². The summed E-state index contributed by atoms with van der Waals surface area (Å²) in [6, 6.07) is 0. The van der Waals surface area contributed by atoms with E-state index in [4.69, 9.17) is 0 Å². The number of allylic oxidation sites excluding steroid dienone is 4. The third-order valence-corrected chi connectivity index (χ3v) is 8.19. The van der Waals surface area contributed by atoms with E-state index >= 15 is 0 Å². The van der Waals surface area contributed by atoms with Crippen molar-refractivity contribution in [3.63, 3.8) is 0 Å². The first kappa shape index (κ1) is 51.5. The van der Waals surface area contributed by atoms with Gasteiger partial charge in [0.25, 0.3) is 0 Å². The summed E-state index contributed by atoms with van der Waals surface area (Å²) in [7, 11) is 0. The third-order valence-electron chi connectivity index (χ3n) is 8.19. The molecular formula is C40H72MgN2O6. The van der Waals surface area contributed by atoms with Crippen LogP contribution in [0.25, 0.3) is 0 Å². The Bertz CT molecular complexity index is 753. The van der Waals surface area contributed by atoms with Crippen LogP contribution < -0.4 is 20.8 Å². The van der Waals surface area contributed by atoms with E-state index in [1.54, 1.807) is 0 Å². The van der Waals surface area contributed by atoms with E-state index < -0.39 is 11.9 Å². The van der Waals surface area contributed by atoms with Gasteiger partial charge in [0.15, 0.2) is 0 Å². The van der Waals surface area contributed by atoms with E-state index in [9.17, 15) is 29.4 Å². The maximum atomic E-state index is 11.3. The van der Waals surface area contributed by atoms with Crippen LogP contribution in [0.4, 0.5) is 0 Å². The molecule has 2 amide bonds. The number of carboxylic acids is 2. The first-order chi connectivity index (χ1) is 23.3. The smallest absolute Gasteiger partial charge is 0.548 e. The van der Waals surface area contributed by atoms with Crippen LogP contribution in [-0.4, -0.2) is 59.9 Å². The summed E-state index contributed by atoms with van der Waals surface area (Å²) in [5, 5.41) is 25.0. The van der Waals surface area contributed by atoms with Crippen molar-refractivity contribution in [1.82, 2.24) is 10.6 Å². The average Bonchev–Trinajstić information content (AvgIpc) is 3.06. The second-order valence-corrected chi connectivity index (χ2v) is 13.0. The molecule has 2 N–H and O–H groups in total. The van der Waals surface area contributed by atoms with Crippen molar-refractivity contribution in [3.8, 4) is 0 Å². The topological polar surface area (TPSA) is 138 Å². The van der Waals surface area contributed by atoms with Crippen LogP contribution in [0.5, 0.6) is 0 Å². The largest absolute Gasteiger partial charge is 2.00 e. The molecule has 49 heavy (non-hydrogen) atoms. The zero-order valence-corrected chi connectivity index (χ0v) is 33.1. The number of carbonyl (C=O) groups is 4. The number of hydrogen-bond acceptors (Lipinski definition) is 6. The minimum atomic E-state index is -1.24. The van der Waals surface area contributed by atoms with Crippen molar-refractivity contribution in [3.05, 3.63) is 24.3 Å². The zero-order chi connectivity index (χ0) is 35.8. The van der Waals surface area contributed by atoms with E-state index in [0.29, 0.717) is 12.8 Å². The van der Waals surface area contributed by atoms with Gasteiger partial charge in [0, 0.05) is 12.8 Å². The van der Waals surface area contributed by atoms with Gasteiger partial charge in [0.05, 0.1) is 25.0 Å². The number of unbranched alkanes of at least 4 members (excludes halogenated alkanes) is 22. The molecule has 280 valence electrons. The van der Waals surface area contributed by atoms with Crippen LogP contribution in [0, 0.1) is 0 Å². The Labute approximate surface area is 316 Å². The maximum Gasteiger partial charge on any atom is 2.00 e. The standard InChI is InChI=1S/2C20H37NO3.Mg/c2*1-2-3-4-5-6-7-8-9-10-11-12-13-14-15-16-17-19(22)21-18-20(23)24;/h2*9-10H,2-8,11-18H2,1H3,(H,21,22)(H,23,24);/q;;+2/p-2/b2*10-9-;. The molecule has 8 nitrogen and oxygen atoms in total. The van der Waals surface area contributed by atoms with E-state index in [1.165, 1.54) is 116 Å². The molecule has 0 aliphatic heterocycles. The summed E-state index contributed by atoms with van der Waals surface area (Å²) >= 11 is 0. The maximum absolute atomic E-state index is 11.3. The van der Waals surface area contributed by atoms with E-state index in [1.807, 2.05) is 0 Å². The Morgan fingerprint density at radius 1 is 0.408 bits per heavy atom. The number of aliphatic carboxylic acids is 2. The Kier molecular flexibility index (Phi) is 46.4. The van der Waals surface area contributed by atoms with Gasteiger partial charge in [-0.1, -0.05) is 141 Å². The van der Waals surface area contributed by atoms with Gasteiger partial charge in [-0.05, 0) is 64.2 Å². The quantitative estimate of drug-likeness (QED) is 0.0408. The third kappa shape index (κ3) is 50.6. The van der Waals surface area contributed by atoms with Crippen LogP contribution in [0.2, 0.25) is 0 Å². The first-order valence-electron chi connectivity index (χ1n) is 19.6. The van der Waals surface area contributed by atoms with Gasteiger partial charge in [-0.2, -0.15) is 0 Å². The molecule has 9 heteroatoms. The zero-order valence-electron chi connectivity index (χ0n) is 31.7. The fourth-order valence-electron chi connectivity index (χ4n) is 5.23. The predicted octanol–water partition coefficient (Wildman–Crippen LogP) is 7.40. The van der Waals surface area contributed by atoms with Crippen LogP contribution >= 0.6 is 0 Å². The first-order valence-corrected chi connectivity index (χ1v) is 19.6. The van der Waals surface area contributed by atoms with Gasteiger partial charge in [0.1, 0.15) is 0 Å². The van der Waals surface area contributed by atoms with Crippen LogP contribution in [0.3, 0.4) is 0 Å². The van der Waals surface area contributed by atoms with Gasteiger partial charge in [0.2, 0.25) is 11.8 Å². The summed E-state index contributed by atoms with van der Waals surface area (Å²) < 4.78 is 0. The molecule has 0 heterocycles. The number of amides is 2. The van der Waals surface area contributed by atoms with Crippen molar-refractivity contribution in [2.75, 3.05) is 13.1 Å². The summed E-state index contributed by atoms with van der Waals surface area (Å²) in [5.74, 6) is -2.88. The molecule has 0 spiro atoms. The van der Waals surface area contributed by atoms with E-state index in [0.717, 1.165) is 51.4 Å². The molecule has 0 unspecified atom stereocenters. The number of rotatable bonds is 34. The average molecular weight is 701 g/mol.